The number of hydrogen-bond acceptors (Lipinski definition) is 3. The van der Waals surface area contributed by atoms with Crippen molar-refractivity contribution in [3.63, 3.8) is 0 Å². The SMILES string of the molecule is CCC#CCC1C(=O)NC(=O)N(C)C1=O. The van der Waals surface area contributed by atoms with Crippen LogP contribution in [0.3, 0.4) is 0 Å². The van der Waals surface area contributed by atoms with E-state index in [1.165, 1.54) is 7.05 Å². The van der Waals surface area contributed by atoms with Crippen LogP contribution in [0.15, 0.2) is 0 Å². The fraction of sp³-hybridized carbons (Fsp3) is 0.500. The topological polar surface area (TPSA) is 66.5 Å². The first-order chi connectivity index (χ1) is 7.07. The zero-order chi connectivity index (χ0) is 11.4. The van der Waals surface area contributed by atoms with E-state index in [0.717, 1.165) is 4.90 Å². The van der Waals surface area contributed by atoms with E-state index in [2.05, 4.69) is 17.2 Å². The molecule has 1 N–H and O–H groups in total. The van der Waals surface area contributed by atoms with Gasteiger partial charge in [0.15, 0.2) is 0 Å². The second-order valence-electron chi connectivity index (χ2n) is 3.16. The minimum Gasteiger partial charge on any atom is -0.277 e. The smallest absolute Gasteiger partial charge is 0.277 e. The van der Waals surface area contributed by atoms with E-state index >= 15 is 0 Å². The molecule has 0 aromatic heterocycles. The number of hydrogen-bond donors (Lipinski definition) is 1. The summed E-state index contributed by atoms with van der Waals surface area (Å²) < 4.78 is 0. The average molecular weight is 208 g/mol. The minimum absolute atomic E-state index is 0.163. The predicted molar refractivity (Wildman–Crippen MR) is 52.5 cm³/mol. The van der Waals surface area contributed by atoms with Crippen molar-refractivity contribution in [1.82, 2.24) is 10.2 Å². The maximum Gasteiger partial charge on any atom is 0.330 e. The van der Waals surface area contributed by atoms with Gasteiger partial charge in [0.25, 0.3) is 0 Å². The lowest BCUT2D eigenvalue weighted by molar-refractivity contribution is -0.141. The maximum atomic E-state index is 11.5. The zero-order valence-corrected chi connectivity index (χ0v) is 8.66. The highest BCUT2D eigenvalue weighted by Crippen LogP contribution is 2.11. The molecule has 1 aliphatic rings. The molecule has 1 saturated heterocycles. The summed E-state index contributed by atoms with van der Waals surface area (Å²) in [5.41, 5.74) is 0. The molecule has 0 aliphatic carbocycles. The summed E-state index contributed by atoms with van der Waals surface area (Å²) in [6, 6.07) is -0.676. The Morgan fingerprint density at radius 2 is 2.00 bits per heavy atom. The quantitative estimate of drug-likeness (QED) is 0.491. The Labute approximate surface area is 87.8 Å². The number of carbonyl (C=O) groups is 3. The monoisotopic (exact) mass is 208 g/mol. The lowest BCUT2D eigenvalue weighted by Crippen LogP contribution is -2.56. The van der Waals surface area contributed by atoms with E-state index in [-0.39, 0.29) is 6.42 Å². The molecule has 0 saturated carbocycles. The number of imide groups is 2. The van der Waals surface area contributed by atoms with E-state index in [1.807, 2.05) is 6.92 Å². The summed E-state index contributed by atoms with van der Waals surface area (Å²) >= 11 is 0. The van der Waals surface area contributed by atoms with Crippen LogP contribution in [0, 0.1) is 17.8 Å². The van der Waals surface area contributed by atoms with Crippen LogP contribution < -0.4 is 5.32 Å². The Hall–Kier alpha value is -1.83. The Balaban J connectivity index is 2.75. The van der Waals surface area contributed by atoms with Gasteiger partial charge in [-0.25, -0.2) is 4.79 Å². The summed E-state index contributed by atoms with van der Waals surface area (Å²) in [7, 11) is 1.34. The molecule has 5 nitrogen and oxygen atoms in total. The van der Waals surface area contributed by atoms with E-state index < -0.39 is 23.8 Å². The van der Waals surface area contributed by atoms with Gasteiger partial charge in [0, 0.05) is 19.9 Å². The molecule has 0 radical (unpaired) electrons. The van der Waals surface area contributed by atoms with Gasteiger partial charge in [-0.15, -0.1) is 11.8 Å². The normalized spacial score (nSPS) is 20.8. The van der Waals surface area contributed by atoms with Crippen LogP contribution in [-0.2, 0) is 9.59 Å². The van der Waals surface area contributed by atoms with Gasteiger partial charge < -0.3 is 0 Å². The number of urea groups is 1. The Kier molecular flexibility index (Phi) is 3.45. The van der Waals surface area contributed by atoms with E-state index in [9.17, 15) is 14.4 Å². The van der Waals surface area contributed by atoms with Gasteiger partial charge in [-0.1, -0.05) is 6.92 Å². The van der Waals surface area contributed by atoms with Crippen molar-refractivity contribution in [2.24, 2.45) is 5.92 Å². The zero-order valence-electron chi connectivity index (χ0n) is 8.66. The molecule has 1 fully saturated rings. The summed E-state index contributed by atoms with van der Waals surface area (Å²) in [4.78, 5) is 34.8. The van der Waals surface area contributed by atoms with Crippen molar-refractivity contribution in [2.75, 3.05) is 7.05 Å². The summed E-state index contributed by atoms with van der Waals surface area (Å²) in [6.07, 6.45) is 0.841. The molecule has 1 unspecified atom stereocenters. The van der Waals surface area contributed by atoms with Crippen LogP contribution in [0.1, 0.15) is 19.8 Å². The average Bonchev–Trinajstić information content (AvgIpc) is 2.20. The molecule has 1 rings (SSSR count). The van der Waals surface area contributed by atoms with Crippen LogP contribution in [-0.4, -0.2) is 29.8 Å². The molecule has 0 aromatic carbocycles. The Morgan fingerprint density at radius 1 is 1.33 bits per heavy atom. The van der Waals surface area contributed by atoms with Gasteiger partial charge in [-0.05, 0) is 0 Å². The third-order valence-corrected chi connectivity index (χ3v) is 2.09. The molecule has 1 aliphatic heterocycles. The molecule has 0 bridgehead atoms. The Morgan fingerprint density at radius 3 is 2.60 bits per heavy atom. The molecule has 4 amide bonds. The van der Waals surface area contributed by atoms with Crippen molar-refractivity contribution >= 4 is 17.8 Å². The van der Waals surface area contributed by atoms with Gasteiger partial charge >= 0.3 is 6.03 Å². The van der Waals surface area contributed by atoms with Gasteiger partial charge in [-0.3, -0.25) is 19.8 Å². The van der Waals surface area contributed by atoms with Crippen LogP contribution in [0.2, 0.25) is 0 Å². The highest BCUT2D eigenvalue weighted by atomic mass is 16.2. The fourth-order valence-electron chi connectivity index (χ4n) is 1.20. The molecule has 80 valence electrons. The molecule has 0 aromatic rings. The van der Waals surface area contributed by atoms with Crippen molar-refractivity contribution in [3.8, 4) is 11.8 Å². The predicted octanol–water partition coefficient (Wildman–Crippen LogP) is 0.114. The summed E-state index contributed by atoms with van der Waals surface area (Å²) in [6.45, 7) is 1.88. The number of carbonyl (C=O) groups excluding carboxylic acids is 3. The number of amides is 4. The highest BCUT2D eigenvalue weighted by Gasteiger charge is 2.37. The fourth-order valence-corrected chi connectivity index (χ4v) is 1.20. The second kappa shape index (κ2) is 4.60. The van der Waals surface area contributed by atoms with E-state index in [1.54, 1.807) is 0 Å². The number of nitrogens with zero attached hydrogens (tertiary/aromatic N) is 1. The van der Waals surface area contributed by atoms with Gasteiger partial charge in [0.2, 0.25) is 11.8 Å². The van der Waals surface area contributed by atoms with E-state index in [4.69, 9.17) is 0 Å². The number of barbiturate groups is 1. The second-order valence-corrected chi connectivity index (χ2v) is 3.16. The van der Waals surface area contributed by atoms with Crippen molar-refractivity contribution in [3.05, 3.63) is 0 Å². The first-order valence-electron chi connectivity index (χ1n) is 4.66. The molecule has 0 spiro atoms. The lowest BCUT2D eigenvalue weighted by atomic mass is 10.0. The molecule has 1 atom stereocenters. The van der Waals surface area contributed by atoms with Crippen molar-refractivity contribution < 1.29 is 14.4 Å². The molecular formula is C10H12N2O3. The molecular weight excluding hydrogens is 196 g/mol. The van der Waals surface area contributed by atoms with Crippen molar-refractivity contribution in [1.29, 1.82) is 0 Å². The standard InChI is InChI=1S/C10H12N2O3/c1-3-4-5-6-7-8(13)11-10(15)12(2)9(7)14/h7H,3,6H2,1-2H3,(H,11,13,15). The molecule has 5 heteroatoms. The molecule has 15 heavy (non-hydrogen) atoms. The third-order valence-electron chi connectivity index (χ3n) is 2.09. The van der Waals surface area contributed by atoms with Gasteiger partial charge in [0.1, 0.15) is 5.92 Å². The lowest BCUT2D eigenvalue weighted by Gasteiger charge is -2.25. The van der Waals surface area contributed by atoms with Gasteiger partial charge in [0.05, 0.1) is 0 Å². The third kappa shape index (κ3) is 2.34. The highest BCUT2D eigenvalue weighted by molar-refractivity contribution is 6.16. The largest absolute Gasteiger partial charge is 0.330 e. The van der Waals surface area contributed by atoms with Crippen molar-refractivity contribution in [2.45, 2.75) is 19.8 Å². The maximum absolute atomic E-state index is 11.5. The number of rotatable bonds is 1. The van der Waals surface area contributed by atoms with Crippen LogP contribution >= 0.6 is 0 Å². The summed E-state index contributed by atoms with van der Waals surface area (Å²) in [5.74, 6) is 3.60. The van der Waals surface area contributed by atoms with Crippen LogP contribution in [0.25, 0.3) is 0 Å². The van der Waals surface area contributed by atoms with Gasteiger partial charge in [-0.2, -0.15) is 0 Å². The first kappa shape index (κ1) is 11.2. The minimum atomic E-state index is -0.855. The summed E-state index contributed by atoms with van der Waals surface area (Å²) in [5, 5.41) is 2.10. The molecule has 1 heterocycles. The van der Waals surface area contributed by atoms with E-state index in [0.29, 0.717) is 6.42 Å². The number of nitrogens with one attached hydrogen (secondary N) is 1. The first-order valence-corrected chi connectivity index (χ1v) is 4.66. The van der Waals surface area contributed by atoms with Crippen LogP contribution in [0.4, 0.5) is 4.79 Å². The van der Waals surface area contributed by atoms with Crippen LogP contribution in [0.5, 0.6) is 0 Å². The Bertz CT molecular complexity index is 365.